The molecule has 0 aliphatic carbocycles. The number of fused-ring (bicyclic) bond motifs is 1. The van der Waals surface area contributed by atoms with Crippen LogP contribution >= 0.6 is 11.3 Å². The molecule has 0 radical (unpaired) electrons. The molecule has 3 heterocycles. The number of carbonyl (C=O) groups excluding carboxylic acids is 2. The topological polar surface area (TPSA) is 76.5 Å². The third kappa shape index (κ3) is 5.81. The first-order valence-electron chi connectivity index (χ1n) is 13.1. The smallest absolute Gasteiger partial charge is 0.251 e. The van der Waals surface area contributed by atoms with Crippen LogP contribution in [-0.4, -0.2) is 59.1 Å². The van der Waals surface area contributed by atoms with Gasteiger partial charge in [0, 0.05) is 49.7 Å². The van der Waals surface area contributed by atoms with Crippen molar-refractivity contribution in [1.29, 1.82) is 0 Å². The molecule has 7 nitrogen and oxygen atoms in total. The number of ether oxygens (including phenoxy) is 1. The number of benzene rings is 1. The van der Waals surface area contributed by atoms with Gasteiger partial charge in [0.25, 0.3) is 5.91 Å². The number of nitrogens with zero attached hydrogens (tertiary/aromatic N) is 3. The van der Waals surface area contributed by atoms with Crippen molar-refractivity contribution >= 4 is 34.2 Å². The molecule has 0 saturated carbocycles. The molecule has 2 aromatic heterocycles. The Bertz CT molecular complexity index is 1160. The molecule has 1 atom stereocenters. The van der Waals surface area contributed by atoms with E-state index in [9.17, 15) is 9.59 Å². The quantitative estimate of drug-likeness (QED) is 0.414. The summed E-state index contributed by atoms with van der Waals surface area (Å²) in [6, 6.07) is 9.69. The zero-order valence-corrected chi connectivity index (χ0v) is 22.6. The van der Waals surface area contributed by atoms with Crippen molar-refractivity contribution in [3.8, 4) is 0 Å². The van der Waals surface area contributed by atoms with Crippen molar-refractivity contribution in [3.05, 3.63) is 52.0 Å². The SMILES string of the molecule is CCC(CC)n1c(Cc2cccs2)nc2cc(C(=O)N[C@@H](C)C(=O)N3CCC(COC)CC3)ccc21. The number of aromatic nitrogens is 2. The van der Waals surface area contributed by atoms with Crippen LogP contribution in [0.1, 0.15) is 73.6 Å². The monoisotopic (exact) mass is 510 g/mol. The molecule has 1 N–H and O–H groups in total. The first kappa shape index (κ1) is 26.4. The van der Waals surface area contributed by atoms with Gasteiger partial charge in [0.2, 0.25) is 5.91 Å². The molecule has 8 heteroatoms. The highest BCUT2D eigenvalue weighted by Gasteiger charge is 2.27. The molecule has 3 aromatic rings. The number of hydrogen-bond donors (Lipinski definition) is 1. The number of imidazole rings is 1. The van der Waals surface area contributed by atoms with Crippen LogP contribution in [0.25, 0.3) is 11.0 Å². The summed E-state index contributed by atoms with van der Waals surface area (Å²) in [5, 5.41) is 5.00. The van der Waals surface area contributed by atoms with Crippen molar-refractivity contribution < 1.29 is 14.3 Å². The lowest BCUT2D eigenvalue weighted by molar-refractivity contribution is -0.134. The van der Waals surface area contributed by atoms with Gasteiger partial charge in [-0.05, 0) is 68.2 Å². The van der Waals surface area contributed by atoms with Gasteiger partial charge < -0.3 is 19.5 Å². The van der Waals surface area contributed by atoms with Gasteiger partial charge in [-0.2, -0.15) is 0 Å². The van der Waals surface area contributed by atoms with Crippen molar-refractivity contribution in [2.75, 3.05) is 26.8 Å². The van der Waals surface area contributed by atoms with Crippen molar-refractivity contribution in [1.82, 2.24) is 19.8 Å². The third-order valence-corrected chi connectivity index (χ3v) is 8.17. The van der Waals surface area contributed by atoms with Gasteiger partial charge in [0.05, 0.1) is 11.0 Å². The van der Waals surface area contributed by atoms with E-state index in [1.165, 1.54) is 4.88 Å². The van der Waals surface area contributed by atoms with Crippen LogP contribution in [0.5, 0.6) is 0 Å². The predicted molar refractivity (Wildman–Crippen MR) is 145 cm³/mol. The second-order valence-electron chi connectivity index (χ2n) is 9.75. The van der Waals surface area contributed by atoms with E-state index in [4.69, 9.17) is 9.72 Å². The average molecular weight is 511 g/mol. The standard InChI is InChI=1S/C28H38N4O3S/c1-5-22(6-2)32-25-10-9-21(16-24(25)30-26(32)17-23-8-7-15-36-23)27(33)29-19(3)28(34)31-13-11-20(12-14-31)18-35-4/h7-10,15-16,19-20,22H,5-6,11-14,17-18H2,1-4H3,(H,29,33)/t19-/m0/s1. The van der Waals surface area contributed by atoms with Crippen molar-refractivity contribution in [2.24, 2.45) is 5.92 Å². The highest BCUT2D eigenvalue weighted by Crippen LogP contribution is 2.28. The van der Waals surface area contributed by atoms with Crippen molar-refractivity contribution in [2.45, 2.75) is 65.0 Å². The summed E-state index contributed by atoms with van der Waals surface area (Å²) in [6.45, 7) is 8.32. The highest BCUT2D eigenvalue weighted by molar-refractivity contribution is 7.09. The van der Waals surface area contributed by atoms with E-state index in [1.807, 2.05) is 23.1 Å². The second-order valence-corrected chi connectivity index (χ2v) is 10.8. The number of likely N-dealkylation sites (tertiary alicyclic amines) is 1. The molecule has 36 heavy (non-hydrogen) atoms. The molecule has 194 valence electrons. The number of piperidine rings is 1. The van der Waals surface area contributed by atoms with Crippen LogP contribution in [0, 0.1) is 5.92 Å². The average Bonchev–Trinajstić information content (AvgIpc) is 3.53. The Kier molecular flexibility index (Phi) is 8.80. The summed E-state index contributed by atoms with van der Waals surface area (Å²) in [6.07, 6.45) is 4.68. The largest absolute Gasteiger partial charge is 0.384 e. The fraction of sp³-hybridized carbons (Fsp3) is 0.536. The van der Waals surface area contributed by atoms with Gasteiger partial charge in [-0.25, -0.2) is 4.98 Å². The molecule has 4 rings (SSSR count). The Balaban J connectivity index is 1.49. The molecule has 2 amide bonds. The summed E-state index contributed by atoms with van der Waals surface area (Å²) in [5.41, 5.74) is 2.40. The molecular weight excluding hydrogens is 472 g/mol. The van der Waals surface area contributed by atoms with Gasteiger partial charge in [0.1, 0.15) is 11.9 Å². The Labute approximate surface area is 217 Å². The van der Waals surface area contributed by atoms with E-state index < -0.39 is 6.04 Å². The van der Waals surface area contributed by atoms with E-state index in [0.717, 1.165) is 55.6 Å². The Morgan fingerprint density at radius 3 is 2.58 bits per heavy atom. The Morgan fingerprint density at radius 1 is 1.19 bits per heavy atom. The zero-order chi connectivity index (χ0) is 25.7. The lowest BCUT2D eigenvalue weighted by Gasteiger charge is -2.33. The minimum Gasteiger partial charge on any atom is -0.384 e. The zero-order valence-electron chi connectivity index (χ0n) is 21.8. The summed E-state index contributed by atoms with van der Waals surface area (Å²) in [7, 11) is 1.72. The van der Waals surface area contributed by atoms with Gasteiger partial charge >= 0.3 is 0 Å². The molecule has 1 aromatic carbocycles. The van der Waals surface area contributed by atoms with Gasteiger partial charge in [-0.1, -0.05) is 19.9 Å². The minimum atomic E-state index is -0.580. The molecule has 0 spiro atoms. The summed E-state index contributed by atoms with van der Waals surface area (Å²) >= 11 is 1.74. The molecule has 1 aliphatic heterocycles. The number of methoxy groups -OCH3 is 1. The van der Waals surface area contributed by atoms with Crippen LogP contribution in [0.4, 0.5) is 0 Å². The van der Waals surface area contributed by atoms with Crippen LogP contribution in [0.2, 0.25) is 0 Å². The second kappa shape index (κ2) is 12.0. The van der Waals surface area contributed by atoms with Crippen LogP contribution in [0.3, 0.4) is 0 Å². The van der Waals surface area contributed by atoms with Crippen molar-refractivity contribution in [3.63, 3.8) is 0 Å². The summed E-state index contributed by atoms with van der Waals surface area (Å²) in [4.78, 5) is 34.1. The Hall–Kier alpha value is -2.71. The molecule has 0 bridgehead atoms. The maximum atomic E-state index is 13.1. The van der Waals surface area contributed by atoms with E-state index in [0.29, 0.717) is 30.6 Å². The van der Waals surface area contributed by atoms with Crippen LogP contribution in [-0.2, 0) is 16.0 Å². The maximum absolute atomic E-state index is 13.1. The number of hydrogen-bond acceptors (Lipinski definition) is 5. The molecular formula is C28H38N4O3S. The minimum absolute atomic E-state index is 0.0310. The summed E-state index contributed by atoms with van der Waals surface area (Å²) < 4.78 is 7.59. The first-order chi connectivity index (χ1) is 17.4. The van der Waals surface area contributed by atoms with E-state index in [2.05, 4.69) is 41.2 Å². The number of rotatable bonds is 10. The molecule has 1 saturated heterocycles. The normalized spacial score (nSPS) is 15.5. The number of nitrogens with one attached hydrogen (secondary N) is 1. The maximum Gasteiger partial charge on any atom is 0.251 e. The molecule has 0 unspecified atom stereocenters. The van der Waals surface area contributed by atoms with E-state index in [1.54, 1.807) is 25.4 Å². The van der Waals surface area contributed by atoms with E-state index >= 15 is 0 Å². The first-order valence-corrected chi connectivity index (χ1v) is 13.9. The van der Waals surface area contributed by atoms with Gasteiger partial charge in [-0.3, -0.25) is 9.59 Å². The predicted octanol–water partition coefficient (Wildman–Crippen LogP) is 5.05. The van der Waals surface area contributed by atoms with Gasteiger partial charge in [-0.15, -0.1) is 11.3 Å². The molecule has 1 aliphatic rings. The van der Waals surface area contributed by atoms with Crippen LogP contribution < -0.4 is 5.32 Å². The summed E-state index contributed by atoms with van der Waals surface area (Å²) in [5.74, 6) is 1.25. The number of thiophene rings is 1. The van der Waals surface area contributed by atoms with Crippen LogP contribution in [0.15, 0.2) is 35.7 Å². The molecule has 1 fully saturated rings. The van der Waals surface area contributed by atoms with Gasteiger partial charge in [0.15, 0.2) is 0 Å². The van der Waals surface area contributed by atoms with E-state index in [-0.39, 0.29) is 11.8 Å². The third-order valence-electron chi connectivity index (χ3n) is 7.29. The Morgan fingerprint density at radius 2 is 1.94 bits per heavy atom. The highest BCUT2D eigenvalue weighted by atomic mass is 32.1. The lowest BCUT2D eigenvalue weighted by atomic mass is 9.97. The lowest BCUT2D eigenvalue weighted by Crippen LogP contribution is -2.49. The number of carbonyl (C=O) groups is 2. The number of amides is 2. The fourth-order valence-corrected chi connectivity index (χ4v) is 5.92. The fourth-order valence-electron chi connectivity index (χ4n) is 5.22.